The molecule has 0 fully saturated rings. The van der Waals surface area contributed by atoms with Crippen LogP contribution < -0.4 is 10.1 Å². The van der Waals surface area contributed by atoms with Crippen molar-refractivity contribution in [3.8, 4) is 16.9 Å². The molecule has 0 aliphatic heterocycles. The van der Waals surface area contributed by atoms with Crippen LogP contribution in [0.1, 0.15) is 24.6 Å². The zero-order valence-electron chi connectivity index (χ0n) is 16.1. The monoisotopic (exact) mass is 396 g/mol. The Balaban J connectivity index is 1.59. The van der Waals surface area contributed by atoms with Crippen LogP contribution in [-0.4, -0.2) is 17.5 Å². The van der Waals surface area contributed by atoms with Crippen LogP contribution in [0, 0.1) is 11.6 Å². The van der Waals surface area contributed by atoms with Crippen molar-refractivity contribution in [1.29, 1.82) is 0 Å². The molecule has 0 aliphatic rings. The minimum absolute atomic E-state index is 0.0852. The van der Waals surface area contributed by atoms with Gasteiger partial charge in [0.1, 0.15) is 17.4 Å². The maximum Gasteiger partial charge on any atom is 0.226 e. The molecular weight excluding hydrogens is 374 g/mol. The number of pyridine rings is 1. The number of halogens is 2. The summed E-state index contributed by atoms with van der Waals surface area (Å²) in [5, 5.41) is 2.73. The third-order valence-electron chi connectivity index (χ3n) is 4.27. The van der Waals surface area contributed by atoms with E-state index in [-0.39, 0.29) is 30.5 Å². The highest BCUT2D eigenvalue weighted by atomic mass is 19.1. The second-order valence-electron chi connectivity index (χ2n) is 6.61. The number of aromatic nitrogens is 1. The molecule has 0 saturated heterocycles. The predicted octanol–water partition coefficient (Wildman–Crippen LogP) is 4.67. The lowest BCUT2D eigenvalue weighted by Gasteiger charge is -2.09. The first kappa shape index (κ1) is 20.5. The topological polar surface area (TPSA) is 51.2 Å². The van der Waals surface area contributed by atoms with Crippen molar-refractivity contribution in [2.75, 3.05) is 6.61 Å². The van der Waals surface area contributed by atoms with Crippen LogP contribution >= 0.6 is 0 Å². The molecule has 3 aromatic rings. The molecule has 3 rings (SSSR count). The number of nitrogens with zero attached hydrogens (tertiary/aromatic N) is 1. The molecule has 0 saturated carbocycles. The van der Waals surface area contributed by atoms with Crippen LogP contribution in [0.5, 0.6) is 5.75 Å². The molecular formula is C23H22F2N2O2. The third-order valence-corrected chi connectivity index (χ3v) is 4.27. The fourth-order valence-electron chi connectivity index (χ4n) is 2.80. The Kier molecular flexibility index (Phi) is 6.89. The molecule has 4 nitrogen and oxygen atoms in total. The number of carbonyl (C=O) groups is 1. The summed E-state index contributed by atoms with van der Waals surface area (Å²) in [5.74, 6) is -0.460. The van der Waals surface area contributed by atoms with E-state index >= 15 is 0 Å². The molecule has 0 atom stereocenters. The SMILES string of the molecule is CCCOc1ccc(-c2ccc(CC(=O)NCc3cccc(F)c3)nc2)c(F)c1. The van der Waals surface area contributed by atoms with Crippen LogP contribution in [-0.2, 0) is 17.8 Å². The van der Waals surface area contributed by atoms with E-state index in [2.05, 4.69) is 10.3 Å². The predicted molar refractivity (Wildman–Crippen MR) is 107 cm³/mol. The zero-order valence-corrected chi connectivity index (χ0v) is 16.1. The molecule has 1 aromatic heterocycles. The van der Waals surface area contributed by atoms with Gasteiger partial charge in [0.05, 0.1) is 13.0 Å². The van der Waals surface area contributed by atoms with Gasteiger partial charge in [0.15, 0.2) is 0 Å². The van der Waals surface area contributed by atoms with Gasteiger partial charge >= 0.3 is 0 Å². The van der Waals surface area contributed by atoms with E-state index in [1.54, 1.807) is 42.6 Å². The van der Waals surface area contributed by atoms with Crippen LogP contribution in [0.2, 0.25) is 0 Å². The number of hydrogen-bond acceptors (Lipinski definition) is 3. The minimum Gasteiger partial charge on any atom is -0.494 e. The van der Waals surface area contributed by atoms with Gasteiger partial charge in [-0.1, -0.05) is 25.1 Å². The van der Waals surface area contributed by atoms with Crippen molar-refractivity contribution in [2.45, 2.75) is 26.3 Å². The Morgan fingerprint density at radius 3 is 2.66 bits per heavy atom. The molecule has 0 radical (unpaired) electrons. The molecule has 0 spiro atoms. The van der Waals surface area contributed by atoms with E-state index in [1.807, 2.05) is 6.92 Å². The highest BCUT2D eigenvalue weighted by molar-refractivity contribution is 5.78. The molecule has 0 unspecified atom stereocenters. The van der Waals surface area contributed by atoms with Crippen molar-refractivity contribution in [3.63, 3.8) is 0 Å². The van der Waals surface area contributed by atoms with E-state index in [0.717, 1.165) is 6.42 Å². The summed E-state index contributed by atoms with van der Waals surface area (Å²) < 4.78 is 33.0. The molecule has 1 amide bonds. The van der Waals surface area contributed by atoms with Crippen LogP contribution in [0.3, 0.4) is 0 Å². The average molecular weight is 396 g/mol. The van der Waals surface area contributed by atoms with Gasteiger partial charge in [-0.25, -0.2) is 8.78 Å². The number of ether oxygens (including phenoxy) is 1. The second-order valence-corrected chi connectivity index (χ2v) is 6.61. The lowest BCUT2D eigenvalue weighted by Crippen LogP contribution is -2.24. The van der Waals surface area contributed by atoms with E-state index in [0.29, 0.717) is 34.7 Å². The fraction of sp³-hybridized carbons (Fsp3) is 0.217. The average Bonchev–Trinajstić information content (AvgIpc) is 2.72. The van der Waals surface area contributed by atoms with Crippen LogP contribution in [0.15, 0.2) is 60.8 Å². The van der Waals surface area contributed by atoms with Gasteiger partial charge < -0.3 is 10.1 Å². The number of hydrogen-bond donors (Lipinski definition) is 1. The Bertz CT molecular complexity index is 975. The number of amides is 1. The first-order valence-electron chi connectivity index (χ1n) is 9.44. The first-order valence-corrected chi connectivity index (χ1v) is 9.44. The molecule has 29 heavy (non-hydrogen) atoms. The molecule has 6 heteroatoms. The van der Waals surface area contributed by atoms with E-state index in [9.17, 15) is 13.6 Å². The highest BCUT2D eigenvalue weighted by Crippen LogP contribution is 2.26. The van der Waals surface area contributed by atoms with Gasteiger partial charge in [-0.15, -0.1) is 0 Å². The summed E-state index contributed by atoms with van der Waals surface area (Å²) in [6, 6.07) is 14.2. The standard InChI is InChI=1S/C23H22F2N2O2/c1-2-10-29-20-8-9-21(22(25)13-20)17-6-7-19(26-15-17)12-23(28)27-14-16-4-3-5-18(24)11-16/h3-9,11,13,15H,2,10,12,14H2,1H3,(H,27,28). The molecule has 0 aliphatic carbocycles. The van der Waals surface area contributed by atoms with E-state index < -0.39 is 0 Å². The summed E-state index contributed by atoms with van der Waals surface area (Å²) in [4.78, 5) is 16.3. The summed E-state index contributed by atoms with van der Waals surface area (Å²) in [7, 11) is 0. The Morgan fingerprint density at radius 2 is 1.97 bits per heavy atom. The summed E-state index contributed by atoms with van der Waals surface area (Å²) in [6.07, 6.45) is 2.48. The number of nitrogens with one attached hydrogen (secondary N) is 1. The largest absolute Gasteiger partial charge is 0.494 e. The van der Waals surface area contributed by atoms with Gasteiger partial charge in [0, 0.05) is 35.6 Å². The highest BCUT2D eigenvalue weighted by Gasteiger charge is 2.09. The van der Waals surface area contributed by atoms with Crippen molar-refractivity contribution >= 4 is 5.91 Å². The van der Waals surface area contributed by atoms with Crippen molar-refractivity contribution in [3.05, 3.63) is 83.7 Å². The Morgan fingerprint density at radius 1 is 1.10 bits per heavy atom. The number of benzene rings is 2. The zero-order chi connectivity index (χ0) is 20.6. The van der Waals surface area contributed by atoms with Gasteiger partial charge in [-0.05, 0) is 42.3 Å². The van der Waals surface area contributed by atoms with Gasteiger partial charge in [-0.3, -0.25) is 9.78 Å². The minimum atomic E-state index is -0.388. The van der Waals surface area contributed by atoms with E-state index in [4.69, 9.17) is 4.74 Å². The maximum atomic E-state index is 14.4. The molecule has 2 aromatic carbocycles. The van der Waals surface area contributed by atoms with Crippen molar-refractivity contribution in [2.24, 2.45) is 0 Å². The smallest absolute Gasteiger partial charge is 0.226 e. The molecule has 0 bridgehead atoms. The molecule has 1 heterocycles. The third kappa shape index (κ3) is 5.85. The lowest BCUT2D eigenvalue weighted by molar-refractivity contribution is -0.120. The van der Waals surface area contributed by atoms with E-state index in [1.165, 1.54) is 18.2 Å². The Hall–Kier alpha value is -3.28. The first-order chi connectivity index (χ1) is 14.0. The molecule has 150 valence electrons. The number of rotatable bonds is 8. The normalized spacial score (nSPS) is 10.6. The quantitative estimate of drug-likeness (QED) is 0.602. The fourth-order valence-corrected chi connectivity index (χ4v) is 2.80. The summed E-state index contributed by atoms with van der Waals surface area (Å²) >= 11 is 0. The van der Waals surface area contributed by atoms with Crippen molar-refractivity contribution in [1.82, 2.24) is 10.3 Å². The Labute approximate surface area is 168 Å². The maximum absolute atomic E-state index is 14.4. The lowest BCUT2D eigenvalue weighted by atomic mass is 10.1. The summed E-state index contributed by atoms with van der Waals surface area (Å²) in [6.45, 7) is 2.77. The summed E-state index contributed by atoms with van der Waals surface area (Å²) in [5.41, 5.74) is 2.29. The second kappa shape index (κ2) is 9.78. The van der Waals surface area contributed by atoms with Gasteiger partial charge in [-0.2, -0.15) is 0 Å². The van der Waals surface area contributed by atoms with Gasteiger partial charge in [0.2, 0.25) is 5.91 Å². The van der Waals surface area contributed by atoms with Crippen LogP contribution in [0.4, 0.5) is 8.78 Å². The number of carbonyl (C=O) groups excluding carboxylic acids is 1. The van der Waals surface area contributed by atoms with Gasteiger partial charge in [0.25, 0.3) is 0 Å². The molecule has 1 N–H and O–H groups in total. The van der Waals surface area contributed by atoms with Crippen molar-refractivity contribution < 1.29 is 18.3 Å². The van der Waals surface area contributed by atoms with Crippen LogP contribution in [0.25, 0.3) is 11.1 Å².